The number of amides is 2. The number of hydrogen-bond acceptors (Lipinski definition) is 2. The molecule has 1 aromatic carbocycles. The van der Waals surface area contributed by atoms with Crippen molar-refractivity contribution in [3.05, 3.63) is 35.9 Å². The summed E-state index contributed by atoms with van der Waals surface area (Å²) in [5.74, 6) is 0.296. The molecular formula is C15H24N2O2. The molecule has 4 nitrogen and oxygen atoms in total. The lowest BCUT2D eigenvalue weighted by Gasteiger charge is -2.23. The van der Waals surface area contributed by atoms with Crippen molar-refractivity contribution < 1.29 is 9.90 Å². The molecule has 0 aliphatic rings. The predicted octanol–water partition coefficient (Wildman–Crippen LogP) is 2.45. The molecule has 1 aromatic rings. The first-order valence-corrected chi connectivity index (χ1v) is 6.77. The Bertz CT molecular complexity index is 379. The number of nitrogens with one attached hydrogen (secondary N) is 2. The maximum absolute atomic E-state index is 11.9. The maximum atomic E-state index is 11.9. The van der Waals surface area contributed by atoms with Crippen molar-refractivity contribution in [2.45, 2.75) is 39.3 Å². The fourth-order valence-electron chi connectivity index (χ4n) is 1.94. The number of carbonyl (C=O) groups is 1. The van der Waals surface area contributed by atoms with Crippen LogP contribution in [0.4, 0.5) is 4.79 Å². The molecule has 3 N–H and O–H groups in total. The third kappa shape index (κ3) is 5.30. The first-order valence-electron chi connectivity index (χ1n) is 6.77. The summed E-state index contributed by atoms with van der Waals surface area (Å²) in [6, 6.07) is 9.59. The van der Waals surface area contributed by atoms with Crippen LogP contribution in [0.1, 0.15) is 38.8 Å². The summed E-state index contributed by atoms with van der Waals surface area (Å²) in [4.78, 5) is 11.9. The van der Waals surface area contributed by atoms with E-state index in [9.17, 15) is 4.79 Å². The van der Waals surface area contributed by atoms with Crippen LogP contribution in [-0.2, 0) is 0 Å². The standard InChI is InChI=1S/C15H24N2O2/c1-11(2)14(9-10-18)17-15(19)16-12(3)13-7-5-4-6-8-13/h4-8,11-12,14,18H,9-10H2,1-3H3,(H2,16,17,19). The zero-order valence-electron chi connectivity index (χ0n) is 11.9. The van der Waals surface area contributed by atoms with Crippen LogP contribution >= 0.6 is 0 Å². The summed E-state index contributed by atoms with van der Waals surface area (Å²) in [6.45, 7) is 6.09. The molecule has 0 saturated heterocycles. The molecule has 106 valence electrons. The van der Waals surface area contributed by atoms with E-state index in [-0.39, 0.29) is 24.7 Å². The van der Waals surface area contributed by atoms with Crippen LogP contribution in [0.25, 0.3) is 0 Å². The highest BCUT2D eigenvalue weighted by atomic mass is 16.3. The molecular weight excluding hydrogens is 240 g/mol. The SMILES string of the molecule is CC(NC(=O)NC(CCO)C(C)C)c1ccccc1. The van der Waals surface area contributed by atoms with Crippen molar-refractivity contribution in [1.82, 2.24) is 10.6 Å². The zero-order chi connectivity index (χ0) is 14.3. The minimum atomic E-state index is -0.191. The molecule has 0 aromatic heterocycles. The van der Waals surface area contributed by atoms with Crippen molar-refractivity contribution >= 4 is 6.03 Å². The highest BCUT2D eigenvalue weighted by Gasteiger charge is 2.16. The summed E-state index contributed by atoms with van der Waals surface area (Å²) in [5, 5.41) is 14.8. The Labute approximate surface area is 115 Å². The fourth-order valence-corrected chi connectivity index (χ4v) is 1.94. The van der Waals surface area contributed by atoms with Gasteiger partial charge in [0, 0.05) is 12.6 Å². The van der Waals surface area contributed by atoms with Gasteiger partial charge in [-0.3, -0.25) is 0 Å². The highest BCUT2D eigenvalue weighted by Crippen LogP contribution is 2.11. The highest BCUT2D eigenvalue weighted by molar-refractivity contribution is 5.74. The topological polar surface area (TPSA) is 61.4 Å². The number of aliphatic hydroxyl groups excluding tert-OH is 1. The summed E-state index contributed by atoms with van der Waals surface area (Å²) < 4.78 is 0. The third-order valence-corrected chi connectivity index (χ3v) is 3.21. The lowest BCUT2D eigenvalue weighted by molar-refractivity contribution is 0.216. The molecule has 2 atom stereocenters. The smallest absolute Gasteiger partial charge is 0.315 e. The number of benzene rings is 1. The van der Waals surface area contributed by atoms with E-state index in [1.54, 1.807) is 0 Å². The van der Waals surface area contributed by atoms with Gasteiger partial charge in [0.25, 0.3) is 0 Å². The second kappa shape index (κ2) is 7.79. The second-order valence-electron chi connectivity index (χ2n) is 5.11. The van der Waals surface area contributed by atoms with Crippen LogP contribution in [0.15, 0.2) is 30.3 Å². The Morgan fingerprint density at radius 3 is 2.32 bits per heavy atom. The van der Waals surface area contributed by atoms with E-state index in [0.717, 1.165) is 5.56 Å². The van der Waals surface area contributed by atoms with E-state index in [0.29, 0.717) is 12.3 Å². The molecule has 4 heteroatoms. The van der Waals surface area contributed by atoms with Crippen molar-refractivity contribution in [3.63, 3.8) is 0 Å². The Morgan fingerprint density at radius 2 is 1.79 bits per heavy atom. The van der Waals surface area contributed by atoms with E-state index in [1.807, 2.05) is 51.1 Å². The molecule has 0 aliphatic carbocycles. The van der Waals surface area contributed by atoms with E-state index >= 15 is 0 Å². The number of hydrogen-bond donors (Lipinski definition) is 3. The quantitative estimate of drug-likeness (QED) is 0.739. The monoisotopic (exact) mass is 264 g/mol. The van der Waals surface area contributed by atoms with E-state index in [2.05, 4.69) is 10.6 Å². The van der Waals surface area contributed by atoms with Gasteiger partial charge in [-0.2, -0.15) is 0 Å². The second-order valence-corrected chi connectivity index (χ2v) is 5.11. The van der Waals surface area contributed by atoms with Gasteiger partial charge in [-0.1, -0.05) is 44.2 Å². The van der Waals surface area contributed by atoms with Gasteiger partial charge in [-0.15, -0.1) is 0 Å². The van der Waals surface area contributed by atoms with Gasteiger partial charge >= 0.3 is 6.03 Å². The van der Waals surface area contributed by atoms with E-state index in [4.69, 9.17) is 5.11 Å². The minimum Gasteiger partial charge on any atom is -0.396 e. The van der Waals surface area contributed by atoms with Crippen molar-refractivity contribution in [3.8, 4) is 0 Å². The number of carbonyl (C=O) groups excluding carboxylic acids is 1. The average Bonchev–Trinajstić information content (AvgIpc) is 2.39. The van der Waals surface area contributed by atoms with E-state index in [1.165, 1.54) is 0 Å². The Morgan fingerprint density at radius 1 is 1.16 bits per heavy atom. The Hall–Kier alpha value is -1.55. The van der Waals surface area contributed by atoms with Crippen molar-refractivity contribution in [2.75, 3.05) is 6.61 Å². The van der Waals surface area contributed by atoms with Gasteiger partial charge in [-0.05, 0) is 24.8 Å². The number of rotatable bonds is 6. The summed E-state index contributed by atoms with van der Waals surface area (Å²) in [7, 11) is 0. The molecule has 0 fully saturated rings. The lowest BCUT2D eigenvalue weighted by atomic mass is 10.0. The number of urea groups is 1. The van der Waals surface area contributed by atoms with Crippen LogP contribution < -0.4 is 10.6 Å². The average molecular weight is 264 g/mol. The minimum absolute atomic E-state index is 0.00651. The summed E-state index contributed by atoms with van der Waals surface area (Å²) >= 11 is 0. The van der Waals surface area contributed by atoms with Crippen LogP contribution in [-0.4, -0.2) is 23.8 Å². The van der Waals surface area contributed by atoms with Gasteiger partial charge in [0.15, 0.2) is 0 Å². The lowest BCUT2D eigenvalue weighted by Crippen LogP contribution is -2.45. The Balaban J connectivity index is 2.50. The normalized spacial score (nSPS) is 13.9. The number of aliphatic hydroxyl groups is 1. The summed E-state index contributed by atoms with van der Waals surface area (Å²) in [5.41, 5.74) is 1.07. The van der Waals surface area contributed by atoms with Gasteiger partial charge < -0.3 is 15.7 Å². The van der Waals surface area contributed by atoms with Crippen LogP contribution in [0, 0.1) is 5.92 Å². The molecule has 0 bridgehead atoms. The van der Waals surface area contributed by atoms with Gasteiger partial charge in [0.05, 0.1) is 6.04 Å². The molecule has 0 aliphatic heterocycles. The van der Waals surface area contributed by atoms with Crippen LogP contribution in [0.5, 0.6) is 0 Å². The molecule has 2 amide bonds. The first-order chi connectivity index (χ1) is 9.04. The predicted molar refractivity (Wildman–Crippen MR) is 76.9 cm³/mol. The van der Waals surface area contributed by atoms with Gasteiger partial charge in [-0.25, -0.2) is 4.79 Å². The maximum Gasteiger partial charge on any atom is 0.315 e. The Kier molecular flexibility index (Phi) is 6.36. The zero-order valence-corrected chi connectivity index (χ0v) is 11.9. The molecule has 19 heavy (non-hydrogen) atoms. The largest absolute Gasteiger partial charge is 0.396 e. The molecule has 0 heterocycles. The summed E-state index contributed by atoms with van der Waals surface area (Å²) in [6.07, 6.45) is 0.574. The molecule has 0 saturated carbocycles. The van der Waals surface area contributed by atoms with Crippen LogP contribution in [0.3, 0.4) is 0 Å². The molecule has 1 rings (SSSR count). The van der Waals surface area contributed by atoms with E-state index < -0.39 is 0 Å². The molecule has 0 spiro atoms. The fraction of sp³-hybridized carbons (Fsp3) is 0.533. The first kappa shape index (κ1) is 15.5. The molecule has 0 radical (unpaired) electrons. The van der Waals surface area contributed by atoms with Crippen molar-refractivity contribution in [1.29, 1.82) is 0 Å². The molecule has 2 unspecified atom stereocenters. The van der Waals surface area contributed by atoms with Crippen LogP contribution in [0.2, 0.25) is 0 Å². The third-order valence-electron chi connectivity index (χ3n) is 3.21. The van der Waals surface area contributed by atoms with Crippen molar-refractivity contribution in [2.24, 2.45) is 5.92 Å². The van der Waals surface area contributed by atoms with Gasteiger partial charge in [0.1, 0.15) is 0 Å². The van der Waals surface area contributed by atoms with Gasteiger partial charge in [0.2, 0.25) is 0 Å².